The van der Waals surface area contributed by atoms with Crippen LogP contribution in [0.1, 0.15) is 5.69 Å². The van der Waals surface area contributed by atoms with Gasteiger partial charge < -0.3 is 0 Å². The van der Waals surface area contributed by atoms with Gasteiger partial charge in [0.25, 0.3) is 0 Å². The van der Waals surface area contributed by atoms with Crippen molar-refractivity contribution in [3.05, 3.63) is 39.4 Å². The molecule has 0 aliphatic rings. The smallest absolute Gasteiger partial charge is 0.289 e. The molecule has 0 aliphatic heterocycles. The van der Waals surface area contributed by atoms with Crippen LogP contribution in [0.3, 0.4) is 0 Å². The van der Waals surface area contributed by atoms with Crippen LogP contribution >= 0.6 is 31.9 Å². The summed E-state index contributed by atoms with van der Waals surface area (Å²) in [4.78, 5) is 7.41. The van der Waals surface area contributed by atoms with Gasteiger partial charge in [-0.3, -0.25) is 4.57 Å². The van der Waals surface area contributed by atoms with Crippen LogP contribution in [0.4, 0.5) is 13.2 Å². The van der Waals surface area contributed by atoms with E-state index in [0.29, 0.717) is 4.60 Å². The number of aromatic nitrogens is 3. The van der Waals surface area contributed by atoms with E-state index in [4.69, 9.17) is 0 Å². The van der Waals surface area contributed by atoms with Gasteiger partial charge in [0.2, 0.25) is 0 Å². The van der Waals surface area contributed by atoms with Gasteiger partial charge in [-0.1, -0.05) is 0 Å². The number of pyridine rings is 1. The van der Waals surface area contributed by atoms with E-state index in [1.807, 2.05) is 0 Å². The molecule has 0 atom stereocenters. The normalized spacial score (nSPS) is 11.8. The van der Waals surface area contributed by atoms with Crippen LogP contribution in [0.25, 0.3) is 5.82 Å². The monoisotopic (exact) mass is 369 g/mol. The summed E-state index contributed by atoms with van der Waals surface area (Å²) >= 11 is 5.94. The lowest BCUT2D eigenvalue weighted by Gasteiger charge is -2.09. The molecular formula is C9H4Br2F3N3. The van der Waals surface area contributed by atoms with Crippen molar-refractivity contribution in [1.29, 1.82) is 0 Å². The Morgan fingerprint density at radius 2 is 1.88 bits per heavy atom. The van der Waals surface area contributed by atoms with Crippen LogP contribution in [0.15, 0.2) is 33.7 Å². The topological polar surface area (TPSA) is 30.7 Å². The third-order valence-electron chi connectivity index (χ3n) is 1.92. The zero-order valence-electron chi connectivity index (χ0n) is 8.04. The molecule has 0 N–H and O–H groups in total. The van der Waals surface area contributed by atoms with E-state index in [0.717, 1.165) is 0 Å². The van der Waals surface area contributed by atoms with Gasteiger partial charge in [0.05, 0.1) is 0 Å². The maximum Gasteiger partial charge on any atom is 0.434 e. The highest BCUT2D eigenvalue weighted by molar-refractivity contribution is 9.10. The Labute approximate surface area is 111 Å². The molecule has 2 aromatic heterocycles. The summed E-state index contributed by atoms with van der Waals surface area (Å²) < 4.78 is 39.7. The van der Waals surface area contributed by atoms with Crippen molar-refractivity contribution < 1.29 is 13.2 Å². The number of alkyl halides is 3. The van der Waals surface area contributed by atoms with Crippen molar-refractivity contribution in [1.82, 2.24) is 14.5 Å². The molecule has 90 valence electrons. The van der Waals surface area contributed by atoms with Gasteiger partial charge in [-0.15, -0.1) is 0 Å². The minimum atomic E-state index is -4.49. The lowest BCUT2D eigenvalue weighted by atomic mass is 10.3. The second-order valence-electron chi connectivity index (χ2n) is 3.10. The number of imidazole rings is 1. The first-order valence-electron chi connectivity index (χ1n) is 4.31. The van der Waals surface area contributed by atoms with Crippen molar-refractivity contribution >= 4 is 31.9 Å². The van der Waals surface area contributed by atoms with Crippen molar-refractivity contribution in [2.24, 2.45) is 0 Å². The van der Waals surface area contributed by atoms with Gasteiger partial charge in [0.1, 0.15) is 16.7 Å². The summed E-state index contributed by atoms with van der Waals surface area (Å²) in [7, 11) is 0. The number of rotatable bonds is 1. The maximum atomic E-state index is 12.6. The first kappa shape index (κ1) is 12.6. The Morgan fingerprint density at radius 1 is 1.18 bits per heavy atom. The van der Waals surface area contributed by atoms with Crippen LogP contribution in [-0.4, -0.2) is 14.5 Å². The number of hydrogen-bond acceptors (Lipinski definition) is 2. The first-order valence-corrected chi connectivity index (χ1v) is 5.90. The van der Waals surface area contributed by atoms with Gasteiger partial charge in [0.15, 0.2) is 5.69 Å². The van der Waals surface area contributed by atoms with Gasteiger partial charge in [-0.25, -0.2) is 9.97 Å². The molecule has 17 heavy (non-hydrogen) atoms. The Bertz CT molecular complexity index is 551. The Morgan fingerprint density at radius 3 is 2.41 bits per heavy atom. The Hall–Kier alpha value is -0.890. The number of nitrogens with zero attached hydrogens (tertiary/aromatic N) is 3. The lowest BCUT2D eigenvalue weighted by Crippen LogP contribution is -2.11. The summed E-state index contributed by atoms with van der Waals surface area (Å²) in [6.07, 6.45) is -1.59. The molecule has 0 radical (unpaired) electrons. The quantitative estimate of drug-likeness (QED) is 0.764. The summed E-state index contributed by atoms with van der Waals surface area (Å²) in [5.74, 6) is 0.152. The van der Waals surface area contributed by atoms with Crippen molar-refractivity contribution in [2.45, 2.75) is 6.18 Å². The highest BCUT2D eigenvalue weighted by Crippen LogP contribution is 2.33. The second kappa shape index (κ2) is 4.41. The molecule has 0 aromatic carbocycles. The van der Waals surface area contributed by atoms with Crippen molar-refractivity contribution in [3.63, 3.8) is 0 Å². The number of halogens is 5. The maximum absolute atomic E-state index is 12.6. The Balaban J connectivity index is 2.51. The minimum Gasteiger partial charge on any atom is -0.289 e. The molecule has 0 aliphatic carbocycles. The molecule has 0 spiro atoms. The van der Waals surface area contributed by atoms with Gasteiger partial charge >= 0.3 is 6.18 Å². The minimum absolute atomic E-state index is 0.0899. The molecule has 2 aromatic rings. The van der Waals surface area contributed by atoms with E-state index in [9.17, 15) is 13.2 Å². The Kier molecular flexibility index (Phi) is 3.26. The zero-order chi connectivity index (χ0) is 12.6. The molecule has 8 heteroatoms. The molecular weight excluding hydrogens is 367 g/mol. The van der Waals surface area contributed by atoms with Crippen LogP contribution in [0.2, 0.25) is 0 Å². The van der Waals surface area contributed by atoms with Crippen LogP contribution in [0.5, 0.6) is 0 Å². The molecule has 2 rings (SSSR count). The molecule has 3 nitrogen and oxygen atoms in total. The van der Waals surface area contributed by atoms with Gasteiger partial charge in [-0.05, 0) is 44.0 Å². The largest absolute Gasteiger partial charge is 0.434 e. The van der Waals surface area contributed by atoms with E-state index in [1.54, 1.807) is 0 Å². The van der Waals surface area contributed by atoms with Crippen molar-refractivity contribution in [2.75, 3.05) is 0 Å². The summed E-state index contributed by atoms with van der Waals surface area (Å²) in [5.41, 5.74) is -0.958. The molecule has 0 saturated heterocycles. The van der Waals surface area contributed by atoms with Crippen molar-refractivity contribution in [3.8, 4) is 5.82 Å². The summed E-state index contributed by atoms with van der Waals surface area (Å²) in [6, 6.07) is 2.77. The van der Waals surface area contributed by atoms with Gasteiger partial charge in [0, 0.05) is 10.7 Å². The average Bonchev–Trinajstić information content (AvgIpc) is 2.64. The van der Waals surface area contributed by atoms with E-state index < -0.39 is 11.9 Å². The number of hydrogen-bond donors (Lipinski definition) is 0. The fourth-order valence-electron chi connectivity index (χ4n) is 1.20. The highest BCUT2D eigenvalue weighted by Gasteiger charge is 2.35. The molecule has 2 heterocycles. The van der Waals surface area contributed by atoms with Gasteiger partial charge in [-0.2, -0.15) is 13.2 Å². The SMILES string of the molecule is FC(F)(F)c1nc(-n2cnc(Br)c2)ccc1Br. The molecule has 0 unspecified atom stereocenters. The third-order valence-corrected chi connectivity index (χ3v) is 2.96. The fourth-order valence-corrected chi connectivity index (χ4v) is 1.96. The van der Waals surface area contributed by atoms with E-state index in [2.05, 4.69) is 41.8 Å². The lowest BCUT2D eigenvalue weighted by molar-refractivity contribution is -0.141. The van der Waals surface area contributed by atoms with E-state index in [-0.39, 0.29) is 10.3 Å². The van der Waals surface area contributed by atoms with Crippen LogP contribution in [0, 0.1) is 0 Å². The van der Waals surface area contributed by atoms with Crippen LogP contribution in [-0.2, 0) is 6.18 Å². The molecule has 0 bridgehead atoms. The standard InChI is InChI=1S/C9H4Br2F3N3/c10-5-1-2-7(16-8(5)9(12,13)14)17-3-6(11)15-4-17/h1-4H. The molecule has 0 saturated carbocycles. The summed E-state index contributed by atoms with van der Waals surface area (Å²) in [6.45, 7) is 0. The molecule has 0 fully saturated rings. The average molecular weight is 371 g/mol. The summed E-state index contributed by atoms with van der Waals surface area (Å²) in [5, 5.41) is 0. The highest BCUT2D eigenvalue weighted by atomic mass is 79.9. The predicted octanol–water partition coefficient (Wildman–Crippen LogP) is 3.81. The first-order chi connectivity index (χ1) is 7.88. The molecule has 0 amide bonds. The second-order valence-corrected chi connectivity index (χ2v) is 4.77. The van der Waals surface area contributed by atoms with E-state index in [1.165, 1.54) is 29.2 Å². The van der Waals surface area contributed by atoms with Crippen LogP contribution < -0.4 is 0 Å². The fraction of sp³-hybridized carbons (Fsp3) is 0.111. The zero-order valence-corrected chi connectivity index (χ0v) is 11.2. The third kappa shape index (κ3) is 2.68. The van der Waals surface area contributed by atoms with E-state index >= 15 is 0 Å². The predicted molar refractivity (Wildman–Crippen MR) is 61.8 cm³/mol.